The highest BCUT2D eigenvalue weighted by Gasteiger charge is 2.51. The van der Waals surface area contributed by atoms with Crippen molar-refractivity contribution in [2.45, 2.75) is 86.4 Å². The number of aliphatic hydroxyl groups is 1. The lowest BCUT2D eigenvalue weighted by molar-refractivity contribution is -0.183. The van der Waals surface area contributed by atoms with E-state index in [1.54, 1.807) is 43.0 Å². The number of aliphatic hydroxyl groups excluding tert-OH is 1. The third-order valence-corrected chi connectivity index (χ3v) is 8.96. The number of ether oxygens (including phenoxy) is 3. The first-order valence-corrected chi connectivity index (χ1v) is 14.9. The van der Waals surface area contributed by atoms with E-state index in [1.165, 1.54) is 17.8 Å². The monoisotopic (exact) mass is 606 g/mol. The Morgan fingerprint density at radius 3 is 2.66 bits per heavy atom. The second-order valence-corrected chi connectivity index (χ2v) is 11.9. The number of halogens is 2. The molecule has 2 fully saturated rings. The molecule has 220 valence electrons. The molecule has 1 saturated carbocycles. The van der Waals surface area contributed by atoms with Gasteiger partial charge in [-0.2, -0.15) is 4.98 Å². The maximum absolute atomic E-state index is 15.5. The highest BCUT2D eigenvalue weighted by molar-refractivity contribution is 8.00. The summed E-state index contributed by atoms with van der Waals surface area (Å²) >= 11 is 7.82. The Morgan fingerprint density at radius 2 is 1.98 bits per heavy atom. The Bertz CT molecular complexity index is 1390. The lowest BCUT2D eigenvalue weighted by Gasteiger charge is -2.30. The summed E-state index contributed by atoms with van der Waals surface area (Å²) in [4.78, 5) is 39.0. The lowest BCUT2D eigenvalue weighted by Crippen LogP contribution is -2.52. The molecule has 3 aromatic rings. The van der Waals surface area contributed by atoms with Gasteiger partial charge in [0.05, 0.1) is 19.5 Å². The highest BCUT2D eigenvalue weighted by atomic mass is 35.5. The molecule has 2 aromatic heterocycles. The molecule has 5 atom stereocenters. The number of esters is 1. The van der Waals surface area contributed by atoms with E-state index < -0.39 is 48.6 Å². The van der Waals surface area contributed by atoms with Crippen LogP contribution in [0, 0.1) is 0 Å². The summed E-state index contributed by atoms with van der Waals surface area (Å²) in [6, 6.07) is 8.87. The molecule has 13 heteroatoms. The largest absolute Gasteiger partial charge is 0.463 e. The van der Waals surface area contributed by atoms with Gasteiger partial charge in [-0.05, 0) is 43.9 Å². The van der Waals surface area contributed by atoms with Crippen molar-refractivity contribution < 1.29 is 33.3 Å². The third-order valence-electron chi connectivity index (χ3n) is 7.47. The number of hydrogen-bond acceptors (Lipinski definition) is 10. The Balaban J connectivity index is 1.38. The van der Waals surface area contributed by atoms with Crippen LogP contribution >= 0.6 is 23.4 Å². The topological polar surface area (TPSA) is 126 Å². The van der Waals surface area contributed by atoms with Crippen molar-refractivity contribution >= 4 is 46.3 Å². The van der Waals surface area contributed by atoms with Crippen molar-refractivity contribution in [2.75, 3.05) is 13.2 Å². The minimum Gasteiger partial charge on any atom is -0.463 e. The molecule has 10 nitrogen and oxygen atoms in total. The third kappa shape index (κ3) is 6.12. The summed E-state index contributed by atoms with van der Waals surface area (Å²) < 4.78 is 34.0. The molecule has 0 spiro atoms. The Morgan fingerprint density at radius 1 is 1.24 bits per heavy atom. The van der Waals surface area contributed by atoms with Crippen LogP contribution in [0.25, 0.3) is 11.2 Å². The molecule has 3 heterocycles. The van der Waals surface area contributed by atoms with E-state index in [-0.39, 0.29) is 24.0 Å². The summed E-state index contributed by atoms with van der Waals surface area (Å²) in [7, 11) is 0. The molecule has 1 unspecified atom stereocenters. The number of rotatable bonds is 11. The number of carbonyl (C=O) groups excluding carboxylic acids is 2. The second-order valence-electron chi connectivity index (χ2n) is 10.2. The number of Topliss-reactive ketones (excluding diaryl/α,β-unsaturated/α-hetero) is 1. The van der Waals surface area contributed by atoms with Gasteiger partial charge in [-0.15, -0.1) is 11.8 Å². The van der Waals surface area contributed by atoms with Crippen LogP contribution in [0.2, 0.25) is 5.28 Å². The van der Waals surface area contributed by atoms with Gasteiger partial charge in [0.15, 0.2) is 23.8 Å². The maximum atomic E-state index is 15.5. The van der Waals surface area contributed by atoms with Crippen LogP contribution in [0.5, 0.6) is 0 Å². The minimum absolute atomic E-state index is 0.00447. The van der Waals surface area contributed by atoms with Gasteiger partial charge >= 0.3 is 5.97 Å². The van der Waals surface area contributed by atoms with Crippen LogP contribution in [0.4, 0.5) is 4.39 Å². The van der Waals surface area contributed by atoms with Crippen LogP contribution in [0.3, 0.4) is 0 Å². The van der Waals surface area contributed by atoms with Gasteiger partial charge in [0.1, 0.15) is 22.8 Å². The summed E-state index contributed by atoms with van der Waals surface area (Å²) in [5, 5.41) is 11.8. The first-order chi connectivity index (χ1) is 19.7. The SMILES string of the molecule is CCOC(=O)C(Cc1ccccc1)(OC[C@H]1O[C@@H](n2cnc3c(SC4CCCC4)nc(Cl)nc32)[C@@H](F)[C@@H]1O)C(C)=O. The van der Waals surface area contributed by atoms with E-state index in [9.17, 15) is 14.7 Å². The molecule has 41 heavy (non-hydrogen) atoms. The van der Waals surface area contributed by atoms with Crippen molar-refractivity contribution in [3.63, 3.8) is 0 Å². The van der Waals surface area contributed by atoms with Gasteiger partial charge in [0.25, 0.3) is 0 Å². The van der Waals surface area contributed by atoms with Crippen LogP contribution < -0.4 is 0 Å². The highest BCUT2D eigenvalue weighted by Crippen LogP contribution is 2.39. The molecule has 5 rings (SSSR count). The fourth-order valence-corrected chi connectivity index (χ4v) is 6.76. The van der Waals surface area contributed by atoms with Gasteiger partial charge in [-0.3, -0.25) is 9.36 Å². The second kappa shape index (κ2) is 12.7. The van der Waals surface area contributed by atoms with Gasteiger partial charge in [-0.1, -0.05) is 43.2 Å². The maximum Gasteiger partial charge on any atom is 0.346 e. The van der Waals surface area contributed by atoms with Crippen LogP contribution in [0.15, 0.2) is 41.7 Å². The number of imidazole rings is 1. The van der Waals surface area contributed by atoms with Crippen molar-refractivity contribution in [3.05, 3.63) is 47.5 Å². The summed E-state index contributed by atoms with van der Waals surface area (Å²) in [6.07, 6.45) is -0.288. The first kappa shape index (κ1) is 29.8. The number of alkyl halides is 1. The van der Waals surface area contributed by atoms with E-state index in [1.807, 2.05) is 6.07 Å². The van der Waals surface area contributed by atoms with Crippen molar-refractivity contribution in [2.24, 2.45) is 0 Å². The number of nitrogens with zero attached hydrogens (tertiary/aromatic N) is 4. The molecule has 0 radical (unpaired) electrons. The molecular weight excluding hydrogens is 575 g/mol. The molecule has 1 saturated heterocycles. The van der Waals surface area contributed by atoms with Crippen LogP contribution in [-0.4, -0.2) is 78.8 Å². The lowest BCUT2D eigenvalue weighted by atomic mass is 9.90. The Kier molecular flexibility index (Phi) is 9.24. The number of ketones is 1. The smallest absolute Gasteiger partial charge is 0.346 e. The molecule has 2 aliphatic rings. The number of benzene rings is 1. The fourth-order valence-electron chi connectivity index (χ4n) is 5.27. The zero-order valence-corrected chi connectivity index (χ0v) is 24.3. The molecule has 1 aliphatic carbocycles. The van der Waals surface area contributed by atoms with E-state index in [2.05, 4.69) is 15.0 Å². The zero-order valence-electron chi connectivity index (χ0n) is 22.7. The molecule has 1 N–H and O–H groups in total. The predicted molar refractivity (Wildman–Crippen MR) is 149 cm³/mol. The molecule has 0 amide bonds. The number of hydrogen-bond donors (Lipinski definition) is 1. The first-order valence-electron chi connectivity index (χ1n) is 13.6. The molecule has 0 bridgehead atoms. The Hall–Kier alpha value is -2.64. The normalized spacial score (nSPS) is 24.5. The summed E-state index contributed by atoms with van der Waals surface area (Å²) in [6.45, 7) is 2.43. The van der Waals surface area contributed by atoms with E-state index in [4.69, 9.17) is 25.8 Å². The quantitative estimate of drug-likeness (QED) is 0.146. The number of fused-ring (bicyclic) bond motifs is 1. The standard InChI is InChI=1S/C28H32ClFN4O6S/c1-3-38-26(37)28(16(2)35,13-17-9-5-4-6-10-17)39-14-19-22(36)20(30)25(40-19)34-15-31-21-23(34)32-27(29)33-24(21)41-18-11-7-8-12-18/h4-6,9-10,15,18-20,22,25,36H,3,7-8,11-14H2,1-2H3/t19-,20+,22-,25-,28?/m1/s1. The number of aromatic nitrogens is 4. The van der Waals surface area contributed by atoms with Crippen molar-refractivity contribution in [1.29, 1.82) is 0 Å². The van der Waals surface area contributed by atoms with Gasteiger partial charge in [0.2, 0.25) is 10.9 Å². The average molecular weight is 607 g/mol. The molecule has 1 aromatic carbocycles. The van der Waals surface area contributed by atoms with E-state index in [0.717, 1.165) is 25.7 Å². The summed E-state index contributed by atoms with van der Waals surface area (Å²) in [5.41, 5.74) is -0.589. The number of thioether (sulfide) groups is 1. The van der Waals surface area contributed by atoms with Crippen molar-refractivity contribution in [3.8, 4) is 0 Å². The number of carbonyl (C=O) groups is 2. The zero-order chi connectivity index (χ0) is 29.1. The van der Waals surface area contributed by atoms with Crippen LogP contribution in [-0.2, 0) is 30.2 Å². The van der Waals surface area contributed by atoms with E-state index in [0.29, 0.717) is 21.4 Å². The van der Waals surface area contributed by atoms with E-state index >= 15 is 4.39 Å². The average Bonchev–Trinajstić information content (AvgIpc) is 3.68. The molecular formula is C28H32ClFN4O6S. The van der Waals surface area contributed by atoms with Gasteiger partial charge in [-0.25, -0.2) is 19.2 Å². The molecule has 1 aliphatic heterocycles. The predicted octanol–water partition coefficient (Wildman–Crippen LogP) is 4.26. The van der Waals surface area contributed by atoms with Gasteiger partial charge < -0.3 is 19.3 Å². The Labute approximate surface area is 245 Å². The minimum atomic E-state index is -2.00. The fraction of sp³-hybridized carbons (Fsp3) is 0.536. The van der Waals surface area contributed by atoms with Gasteiger partial charge in [0, 0.05) is 11.7 Å². The van der Waals surface area contributed by atoms with Crippen LogP contribution in [0.1, 0.15) is 51.3 Å². The summed E-state index contributed by atoms with van der Waals surface area (Å²) in [5.74, 6) is -1.45. The van der Waals surface area contributed by atoms with Crippen molar-refractivity contribution in [1.82, 2.24) is 19.5 Å².